The van der Waals surface area contributed by atoms with E-state index in [4.69, 9.17) is 4.74 Å². The molecule has 3 rings (SSSR count). The molecule has 0 saturated carbocycles. The summed E-state index contributed by atoms with van der Waals surface area (Å²) in [6, 6.07) is 9.20. The van der Waals surface area contributed by atoms with Crippen LogP contribution < -0.4 is 10.1 Å². The molecule has 1 aromatic heterocycles. The molecular formula is C20H23N3O3. The fourth-order valence-corrected chi connectivity index (χ4v) is 3.17. The third-order valence-corrected chi connectivity index (χ3v) is 4.67. The molecule has 136 valence electrons. The number of anilines is 1. The highest BCUT2D eigenvalue weighted by Crippen LogP contribution is 2.27. The Balaban J connectivity index is 1.59. The number of aromatic nitrogens is 1. The monoisotopic (exact) mass is 353 g/mol. The molecule has 1 aliphatic heterocycles. The average Bonchev–Trinajstić information content (AvgIpc) is 2.68. The molecule has 0 atom stereocenters. The molecule has 2 amide bonds. The number of nitrogens with one attached hydrogen (secondary N) is 1. The maximum absolute atomic E-state index is 12.6. The number of hydrogen-bond acceptors (Lipinski definition) is 4. The van der Waals surface area contributed by atoms with Gasteiger partial charge in [-0.1, -0.05) is 6.07 Å². The summed E-state index contributed by atoms with van der Waals surface area (Å²) in [7, 11) is 1.59. The van der Waals surface area contributed by atoms with E-state index in [1.165, 1.54) is 0 Å². The number of nitrogens with zero attached hydrogens (tertiary/aromatic N) is 2. The lowest BCUT2D eigenvalue weighted by Crippen LogP contribution is -2.41. The molecule has 1 aliphatic rings. The van der Waals surface area contributed by atoms with Crippen molar-refractivity contribution in [1.82, 2.24) is 9.88 Å². The predicted octanol–water partition coefficient (Wildman–Crippen LogP) is 2.89. The summed E-state index contributed by atoms with van der Waals surface area (Å²) in [5, 5.41) is 2.97. The second-order valence-electron chi connectivity index (χ2n) is 6.50. The maximum Gasteiger partial charge on any atom is 0.255 e. The van der Waals surface area contributed by atoms with E-state index < -0.39 is 0 Å². The molecule has 0 spiro atoms. The molecule has 2 heterocycles. The Morgan fingerprint density at radius 1 is 1.23 bits per heavy atom. The Morgan fingerprint density at radius 3 is 2.65 bits per heavy atom. The van der Waals surface area contributed by atoms with Crippen LogP contribution in [0, 0.1) is 12.8 Å². The number of hydrogen-bond donors (Lipinski definition) is 1. The molecule has 0 unspecified atom stereocenters. The van der Waals surface area contributed by atoms with Gasteiger partial charge in [-0.05, 0) is 49.6 Å². The predicted molar refractivity (Wildman–Crippen MR) is 99.2 cm³/mol. The van der Waals surface area contributed by atoms with E-state index in [0.717, 1.165) is 5.56 Å². The first kappa shape index (κ1) is 17.9. The van der Waals surface area contributed by atoms with Crippen LogP contribution in [0.2, 0.25) is 0 Å². The average molecular weight is 353 g/mol. The van der Waals surface area contributed by atoms with Crippen molar-refractivity contribution < 1.29 is 14.3 Å². The second kappa shape index (κ2) is 7.99. The van der Waals surface area contributed by atoms with E-state index in [1.54, 1.807) is 36.5 Å². The molecule has 26 heavy (non-hydrogen) atoms. The molecule has 0 radical (unpaired) electrons. The van der Waals surface area contributed by atoms with Gasteiger partial charge < -0.3 is 15.0 Å². The molecule has 6 nitrogen and oxygen atoms in total. The Bertz CT molecular complexity index is 784. The van der Waals surface area contributed by atoms with Crippen molar-refractivity contribution in [2.24, 2.45) is 5.92 Å². The molecule has 1 fully saturated rings. The topological polar surface area (TPSA) is 71.5 Å². The number of aryl methyl sites for hydroxylation is 1. The third kappa shape index (κ3) is 4.02. The number of carbonyl (C=O) groups excluding carboxylic acids is 2. The minimum Gasteiger partial charge on any atom is -0.495 e. The van der Waals surface area contributed by atoms with Crippen LogP contribution in [0.15, 0.2) is 42.7 Å². The SMILES string of the molecule is COc1ccc(C)cc1NC(=O)C1CCN(C(=O)c2cccnc2)CC1. The number of pyridine rings is 1. The van der Waals surface area contributed by atoms with Crippen molar-refractivity contribution in [1.29, 1.82) is 0 Å². The van der Waals surface area contributed by atoms with Gasteiger partial charge in [0, 0.05) is 31.4 Å². The smallest absolute Gasteiger partial charge is 0.255 e. The van der Waals surface area contributed by atoms with Gasteiger partial charge in [0.1, 0.15) is 5.75 Å². The van der Waals surface area contributed by atoms with Crippen molar-refractivity contribution >= 4 is 17.5 Å². The van der Waals surface area contributed by atoms with Gasteiger partial charge in [0.15, 0.2) is 0 Å². The molecule has 1 N–H and O–H groups in total. The summed E-state index contributed by atoms with van der Waals surface area (Å²) < 4.78 is 5.31. The van der Waals surface area contributed by atoms with E-state index in [1.807, 2.05) is 25.1 Å². The number of carbonyl (C=O) groups is 2. The fourth-order valence-electron chi connectivity index (χ4n) is 3.17. The summed E-state index contributed by atoms with van der Waals surface area (Å²) in [5.74, 6) is 0.478. The van der Waals surface area contributed by atoms with Crippen LogP contribution in [0.3, 0.4) is 0 Å². The number of methoxy groups -OCH3 is 1. The lowest BCUT2D eigenvalue weighted by atomic mass is 9.95. The first-order valence-corrected chi connectivity index (χ1v) is 8.73. The highest BCUT2D eigenvalue weighted by atomic mass is 16.5. The standard InChI is InChI=1S/C20H23N3O3/c1-14-5-6-18(26-2)17(12-14)22-19(24)15-7-10-23(11-8-15)20(25)16-4-3-9-21-13-16/h3-6,9,12-13,15H,7-8,10-11H2,1-2H3,(H,22,24). The molecule has 2 aromatic rings. The van der Waals surface area contributed by atoms with Crippen LogP contribution in [0.25, 0.3) is 0 Å². The molecule has 0 bridgehead atoms. The number of likely N-dealkylation sites (tertiary alicyclic amines) is 1. The summed E-state index contributed by atoms with van der Waals surface area (Å²) >= 11 is 0. The van der Waals surface area contributed by atoms with Gasteiger partial charge in [0.25, 0.3) is 5.91 Å². The molecule has 6 heteroatoms. The first-order valence-electron chi connectivity index (χ1n) is 8.73. The van der Waals surface area contributed by atoms with Gasteiger partial charge in [-0.25, -0.2) is 0 Å². The zero-order chi connectivity index (χ0) is 18.5. The van der Waals surface area contributed by atoms with Crippen LogP contribution in [-0.4, -0.2) is 41.9 Å². The molecule has 0 aliphatic carbocycles. The quantitative estimate of drug-likeness (QED) is 0.917. The van der Waals surface area contributed by atoms with Gasteiger partial charge in [0.05, 0.1) is 18.4 Å². The van der Waals surface area contributed by atoms with Crippen molar-refractivity contribution in [3.05, 3.63) is 53.9 Å². The normalized spacial score (nSPS) is 14.8. The zero-order valence-electron chi connectivity index (χ0n) is 15.1. The van der Waals surface area contributed by atoms with E-state index in [9.17, 15) is 9.59 Å². The van der Waals surface area contributed by atoms with Crippen molar-refractivity contribution in [3.63, 3.8) is 0 Å². The van der Waals surface area contributed by atoms with Crippen LogP contribution in [0.1, 0.15) is 28.8 Å². The van der Waals surface area contributed by atoms with Crippen LogP contribution in [0.5, 0.6) is 5.75 Å². The number of benzene rings is 1. The minimum atomic E-state index is -0.113. The van der Waals surface area contributed by atoms with Crippen molar-refractivity contribution in [2.45, 2.75) is 19.8 Å². The molecule has 1 aromatic carbocycles. The highest BCUT2D eigenvalue weighted by molar-refractivity contribution is 5.95. The van der Waals surface area contributed by atoms with Gasteiger partial charge in [0.2, 0.25) is 5.91 Å². The fraction of sp³-hybridized carbons (Fsp3) is 0.350. The van der Waals surface area contributed by atoms with Crippen molar-refractivity contribution in [3.8, 4) is 5.75 Å². The third-order valence-electron chi connectivity index (χ3n) is 4.67. The van der Waals surface area contributed by atoms with Crippen LogP contribution in [-0.2, 0) is 4.79 Å². The summed E-state index contributed by atoms with van der Waals surface area (Å²) in [5.41, 5.74) is 2.32. The second-order valence-corrected chi connectivity index (χ2v) is 6.50. The van der Waals surface area contributed by atoms with Gasteiger partial charge in [-0.3, -0.25) is 14.6 Å². The lowest BCUT2D eigenvalue weighted by molar-refractivity contribution is -0.121. The minimum absolute atomic E-state index is 0.0256. The Kier molecular flexibility index (Phi) is 5.51. The number of amides is 2. The summed E-state index contributed by atoms with van der Waals surface area (Å²) in [6.07, 6.45) is 4.51. The Labute approximate surface area is 153 Å². The van der Waals surface area contributed by atoms with Crippen LogP contribution >= 0.6 is 0 Å². The van der Waals surface area contributed by atoms with E-state index >= 15 is 0 Å². The van der Waals surface area contributed by atoms with Crippen LogP contribution in [0.4, 0.5) is 5.69 Å². The largest absolute Gasteiger partial charge is 0.495 e. The Hall–Kier alpha value is -2.89. The van der Waals surface area contributed by atoms with Gasteiger partial charge in [-0.2, -0.15) is 0 Å². The van der Waals surface area contributed by atoms with E-state index in [0.29, 0.717) is 42.9 Å². The zero-order valence-corrected chi connectivity index (χ0v) is 15.1. The number of piperidine rings is 1. The highest BCUT2D eigenvalue weighted by Gasteiger charge is 2.28. The first-order chi connectivity index (χ1) is 12.6. The van der Waals surface area contributed by atoms with Crippen molar-refractivity contribution in [2.75, 3.05) is 25.5 Å². The number of ether oxygens (including phenoxy) is 1. The van der Waals surface area contributed by atoms with Gasteiger partial charge >= 0.3 is 0 Å². The number of rotatable bonds is 4. The maximum atomic E-state index is 12.6. The Morgan fingerprint density at radius 2 is 2.00 bits per heavy atom. The molecular weight excluding hydrogens is 330 g/mol. The molecule has 1 saturated heterocycles. The van der Waals surface area contributed by atoms with Gasteiger partial charge in [-0.15, -0.1) is 0 Å². The summed E-state index contributed by atoms with van der Waals surface area (Å²) in [6.45, 7) is 3.10. The van der Waals surface area contributed by atoms with E-state index in [2.05, 4.69) is 10.3 Å². The van der Waals surface area contributed by atoms with E-state index in [-0.39, 0.29) is 17.7 Å². The lowest BCUT2D eigenvalue weighted by Gasteiger charge is -2.31. The summed E-state index contributed by atoms with van der Waals surface area (Å²) in [4.78, 5) is 30.8.